The second-order valence-electron chi connectivity index (χ2n) is 21.5. The molecule has 6 heterocycles. The van der Waals surface area contributed by atoms with Gasteiger partial charge in [-0.3, -0.25) is 39.9 Å². The lowest BCUT2D eigenvalue weighted by atomic mass is 10.0. The molecule has 0 aliphatic heterocycles. The van der Waals surface area contributed by atoms with Crippen LogP contribution in [0, 0.1) is 23.7 Å². The molecule has 528 valence electrons. The van der Waals surface area contributed by atoms with Crippen molar-refractivity contribution < 1.29 is 0 Å². The molecule has 0 unspecified atom stereocenters. The highest BCUT2D eigenvalue weighted by molar-refractivity contribution is 5.18. The van der Waals surface area contributed by atoms with E-state index < -0.39 is 0 Å². The standard InChI is InChI=1S/C10H14.2C9H13N.C9H12.C8H12N2.2C8H11N.C7H10N2.8C2H6.CH4/c1-9(2)8-10-6-4-3-5-7-10;1-8(2)6-9-4-3-5-10-7-9;1-8(2)7-9-5-3-4-6-10-9;1-8(2)9-6-4-3-5-7-9;1-7(2)5-8-6-9-3-4-10-8;1-7(2)8-4-3-5-9-6-8;1-7(2)8-5-3-4-6-9-8;1-6(2)7-5-8-3-4-9-7;8*1-2;/h3-7,9H,8H2,1-2H3;3-5,7-8H,6H2,1-2H3;3-6,8H,7H2,1-2H3;3-8H,1-2H3;3-4,6-7H,5H2,1-2H3;2*3-7H,1-2H3;3-6H,1-2H3;8*1-2H3;1H4. The summed E-state index contributed by atoms with van der Waals surface area (Å²) < 4.78 is 0. The molecule has 8 heteroatoms. The van der Waals surface area contributed by atoms with Crippen LogP contribution in [0.5, 0.6) is 0 Å². The Morgan fingerprint density at radius 1 is 0.237 bits per heavy atom. The molecule has 93 heavy (non-hydrogen) atoms. The van der Waals surface area contributed by atoms with E-state index in [2.05, 4.69) is 223 Å². The molecule has 0 N–H and O–H groups in total. The zero-order valence-electron chi connectivity index (χ0n) is 65.5. The molecule has 8 nitrogen and oxygen atoms in total. The van der Waals surface area contributed by atoms with Crippen molar-refractivity contribution in [2.45, 2.75) is 278 Å². The second kappa shape index (κ2) is 83.2. The molecule has 2 aromatic carbocycles. The van der Waals surface area contributed by atoms with Crippen molar-refractivity contribution >= 4 is 0 Å². The van der Waals surface area contributed by atoms with Crippen molar-refractivity contribution in [2.24, 2.45) is 23.7 Å². The van der Waals surface area contributed by atoms with Crippen molar-refractivity contribution in [3.05, 3.63) is 241 Å². The van der Waals surface area contributed by atoms with Crippen molar-refractivity contribution in [1.29, 1.82) is 0 Å². The van der Waals surface area contributed by atoms with Gasteiger partial charge in [0.1, 0.15) is 0 Å². The van der Waals surface area contributed by atoms with Crippen LogP contribution in [0.15, 0.2) is 196 Å². The van der Waals surface area contributed by atoms with Gasteiger partial charge in [-0.2, -0.15) is 0 Å². The first-order chi connectivity index (χ1) is 44.4. The summed E-state index contributed by atoms with van der Waals surface area (Å²) in [5.41, 5.74) is 9.98. The minimum Gasteiger partial charge on any atom is -0.264 e. The zero-order chi connectivity index (χ0) is 72.4. The molecule has 0 aliphatic rings. The van der Waals surface area contributed by atoms with Crippen molar-refractivity contribution in [3.8, 4) is 0 Å². The fourth-order valence-electron chi connectivity index (χ4n) is 6.75. The van der Waals surface area contributed by atoms with Gasteiger partial charge in [-0.15, -0.1) is 0 Å². The minimum atomic E-state index is 0. The van der Waals surface area contributed by atoms with Crippen molar-refractivity contribution in [3.63, 3.8) is 0 Å². The molecule has 8 rings (SSSR count). The lowest BCUT2D eigenvalue weighted by molar-refractivity contribution is 0.633. The predicted octanol–water partition coefficient (Wildman–Crippen LogP) is 26.8. The van der Waals surface area contributed by atoms with Gasteiger partial charge in [0.05, 0.1) is 11.4 Å². The molecule has 0 fully saturated rings. The summed E-state index contributed by atoms with van der Waals surface area (Å²) in [5.74, 6) is 5.15. The van der Waals surface area contributed by atoms with Crippen molar-refractivity contribution in [2.75, 3.05) is 0 Å². The molecule has 0 spiro atoms. The zero-order valence-corrected chi connectivity index (χ0v) is 65.5. The van der Waals surface area contributed by atoms with Crippen LogP contribution in [0.4, 0.5) is 0 Å². The van der Waals surface area contributed by atoms with Gasteiger partial charge in [-0.25, -0.2) is 0 Å². The maximum atomic E-state index is 4.22. The molecule has 0 bridgehead atoms. The van der Waals surface area contributed by atoms with Crippen LogP contribution in [-0.4, -0.2) is 39.9 Å². The van der Waals surface area contributed by atoms with Crippen LogP contribution < -0.4 is 0 Å². The maximum Gasteiger partial charge on any atom is 0.0612 e. The van der Waals surface area contributed by atoms with E-state index in [1.54, 1.807) is 37.2 Å². The summed E-state index contributed by atoms with van der Waals surface area (Å²) in [6, 6.07) is 41.3. The Labute approximate surface area is 579 Å². The predicted molar refractivity (Wildman–Crippen MR) is 422 cm³/mol. The van der Waals surface area contributed by atoms with Crippen LogP contribution in [0.1, 0.15) is 298 Å². The Hall–Kier alpha value is -6.80. The largest absolute Gasteiger partial charge is 0.264 e. The van der Waals surface area contributed by atoms with Crippen LogP contribution in [0.25, 0.3) is 0 Å². The molecule has 0 atom stereocenters. The SMILES string of the molecule is C.CC.CC.CC.CC.CC.CC.CC.CC.CC(C)Cc1ccccc1.CC(C)Cc1ccccn1.CC(C)Cc1cccnc1.CC(C)Cc1cnccn1.CC(C)c1ccccc1.CC(C)c1ccccn1.CC(C)c1cccnc1.CC(C)c1cnccn1. The average molecular weight is 1280 g/mol. The normalized spacial score (nSPS) is 8.86. The third-order valence-electron chi connectivity index (χ3n) is 10.7. The lowest BCUT2D eigenvalue weighted by Gasteiger charge is -2.02. The maximum absolute atomic E-state index is 4.22. The van der Waals surface area contributed by atoms with Crippen LogP contribution >= 0.6 is 0 Å². The number of aromatic nitrogens is 8. The van der Waals surface area contributed by atoms with E-state index >= 15 is 0 Å². The average Bonchev–Trinajstić information content (AvgIpc) is 3.69. The van der Waals surface area contributed by atoms with Crippen LogP contribution in [-0.2, 0) is 25.7 Å². The van der Waals surface area contributed by atoms with Gasteiger partial charge in [-0.05, 0) is 132 Å². The Kier molecular flexibility index (Phi) is 93.9. The first-order valence-electron chi connectivity index (χ1n) is 35.6. The topological polar surface area (TPSA) is 103 Å². The fourth-order valence-corrected chi connectivity index (χ4v) is 6.75. The van der Waals surface area contributed by atoms with Crippen LogP contribution in [0.2, 0.25) is 0 Å². The van der Waals surface area contributed by atoms with E-state index in [0.29, 0.717) is 35.5 Å². The number of benzene rings is 2. The van der Waals surface area contributed by atoms with Gasteiger partial charge in [0.15, 0.2) is 0 Å². The number of rotatable bonds is 12. The summed E-state index contributed by atoms with van der Waals surface area (Å²) in [7, 11) is 0. The molecule has 0 amide bonds. The quantitative estimate of drug-likeness (QED) is 0.119. The summed E-state index contributed by atoms with van der Waals surface area (Å²) >= 11 is 0. The van der Waals surface area contributed by atoms with E-state index in [9.17, 15) is 0 Å². The molecular formula is C85H148N8. The number of nitrogens with zero attached hydrogens (tertiary/aromatic N) is 8. The Morgan fingerprint density at radius 2 is 0.581 bits per heavy atom. The van der Waals surface area contributed by atoms with Crippen molar-refractivity contribution in [1.82, 2.24) is 39.9 Å². The Balaban J connectivity index is -0.000000120. The fraction of sp³-hybridized carbons (Fsp3) is 0.529. The highest BCUT2D eigenvalue weighted by Gasteiger charge is 2.00. The van der Waals surface area contributed by atoms with E-state index in [-0.39, 0.29) is 7.43 Å². The monoisotopic (exact) mass is 1280 g/mol. The van der Waals surface area contributed by atoms with E-state index in [4.69, 9.17) is 0 Å². The van der Waals surface area contributed by atoms with Gasteiger partial charge in [0, 0.05) is 85.7 Å². The van der Waals surface area contributed by atoms with Gasteiger partial charge in [0.25, 0.3) is 0 Å². The summed E-state index contributed by atoms with van der Waals surface area (Å²) in [6.07, 6.45) is 26.0. The molecule has 8 aromatic rings. The first-order valence-corrected chi connectivity index (χ1v) is 35.6. The minimum absolute atomic E-state index is 0. The van der Waals surface area contributed by atoms with E-state index in [0.717, 1.165) is 48.2 Å². The molecular weight excluding hydrogens is 1130 g/mol. The smallest absolute Gasteiger partial charge is 0.0612 e. The van der Waals surface area contributed by atoms with E-state index in [1.807, 2.05) is 196 Å². The summed E-state index contributed by atoms with van der Waals surface area (Å²) in [6.45, 7) is 66.9. The van der Waals surface area contributed by atoms with Gasteiger partial charge in [0.2, 0.25) is 0 Å². The van der Waals surface area contributed by atoms with E-state index in [1.165, 1.54) is 34.4 Å². The first kappa shape index (κ1) is 105. The molecule has 6 aromatic heterocycles. The molecule has 0 aliphatic carbocycles. The number of pyridine rings is 4. The highest BCUT2D eigenvalue weighted by Crippen LogP contribution is 2.13. The molecule has 0 radical (unpaired) electrons. The number of hydrogen-bond donors (Lipinski definition) is 0. The van der Waals surface area contributed by atoms with Gasteiger partial charge >= 0.3 is 0 Å². The highest BCUT2D eigenvalue weighted by atomic mass is 14.8. The third-order valence-corrected chi connectivity index (χ3v) is 10.7. The molecule has 0 saturated heterocycles. The van der Waals surface area contributed by atoms with Crippen LogP contribution in [0.3, 0.4) is 0 Å². The summed E-state index contributed by atoms with van der Waals surface area (Å²) in [4.78, 5) is 32.6. The Morgan fingerprint density at radius 3 is 0.882 bits per heavy atom. The second-order valence-corrected chi connectivity index (χ2v) is 21.5. The number of hydrogen-bond acceptors (Lipinski definition) is 8. The van der Waals surface area contributed by atoms with Gasteiger partial charge < -0.3 is 0 Å². The lowest BCUT2D eigenvalue weighted by Crippen LogP contribution is -1.96. The molecule has 0 saturated carbocycles. The third kappa shape index (κ3) is 74.1. The summed E-state index contributed by atoms with van der Waals surface area (Å²) in [5, 5.41) is 0. The van der Waals surface area contributed by atoms with Gasteiger partial charge in [-0.1, -0.05) is 314 Å². The Bertz CT molecular complexity index is 2100.